The summed E-state index contributed by atoms with van der Waals surface area (Å²) < 4.78 is 4.88. The molecule has 0 aromatic heterocycles. The van der Waals surface area contributed by atoms with Crippen molar-refractivity contribution >= 4 is 21.9 Å². The zero-order valence-electron chi connectivity index (χ0n) is 11.6. The van der Waals surface area contributed by atoms with Gasteiger partial charge in [-0.05, 0) is 25.7 Å². The summed E-state index contributed by atoms with van der Waals surface area (Å²) in [6.45, 7) is 2.06. The van der Waals surface area contributed by atoms with Crippen molar-refractivity contribution in [3.8, 4) is 0 Å². The first-order chi connectivity index (χ1) is 8.77. The molecular weight excluding hydrogens is 292 g/mol. The molecule has 0 aromatic rings. The highest BCUT2D eigenvalue weighted by molar-refractivity contribution is 9.09. The van der Waals surface area contributed by atoms with Gasteiger partial charge in [-0.1, -0.05) is 60.2 Å². The molecule has 0 aliphatic rings. The van der Waals surface area contributed by atoms with Crippen LogP contribution in [0, 0.1) is 0 Å². The van der Waals surface area contributed by atoms with Gasteiger partial charge in [0, 0.05) is 12.3 Å². The second-order valence-corrected chi connectivity index (χ2v) is 5.35. The standard InChI is InChI=1S/C15H27BrO2/c1-15(17)18-14-12-10-8-6-4-2-3-5-7-9-11-13-16/h7,9H,2-6,8,10-14H2,1H3/b9-7-. The van der Waals surface area contributed by atoms with Crippen LogP contribution in [0.2, 0.25) is 0 Å². The van der Waals surface area contributed by atoms with Gasteiger partial charge in [0.05, 0.1) is 6.61 Å². The first-order valence-electron chi connectivity index (χ1n) is 7.11. The largest absolute Gasteiger partial charge is 0.466 e. The summed E-state index contributed by atoms with van der Waals surface area (Å²) in [7, 11) is 0. The predicted molar refractivity (Wildman–Crippen MR) is 81.1 cm³/mol. The summed E-state index contributed by atoms with van der Waals surface area (Å²) >= 11 is 3.41. The van der Waals surface area contributed by atoms with E-state index in [2.05, 4.69) is 28.1 Å². The van der Waals surface area contributed by atoms with Gasteiger partial charge in [-0.15, -0.1) is 0 Å². The lowest BCUT2D eigenvalue weighted by Crippen LogP contribution is -1.99. The van der Waals surface area contributed by atoms with Crippen molar-refractivity contribution < 1.29 is 9.53 Å². The van der Waals surface area contributed by atoms with E-state index in [4.69, 9.17) is 4.74 Å². The van der Waals surface area contributed by atoms with Crippen LogP contribution in [0.3, 0.4) is 0 Å². The van der Waals surface area contributed by atoms with Crippen LogP contribution in [0.1, 0.15) is 64.7 Å². The number of ether oxygens (including phenoxy) is 1. The highest BCUT2D eigenvalue weighted by atomic mass is 79.9. The van der Waals surface area contributed by atoms with E-state index in [1.54, 1.807) is 0 Å². The lowest BCUT2D eigenvalue weighted by Gasteiger charge is -2.02. The van der Waals surface area contributed by atoms with Gasteiger partial charge in [0.15, 0.2) is 0 Å². The molecule has 0 aliphatic heterocycles. The molecule has 0 bridgehead atoms. The Labute approximate surface area is 120 Å². The Morgan fingerprint density at radius 3 is 2.11 bits per heavy atom. The van der Waals surface area contributed by atoms with Gasteiger partial charge < -0.3 is 4.74 Å². The third kappa shape index (κ3) is 15.7. The molecule has 0 fully saturated rings. The Hall–Kier alpha value is -0.310. The molecule has 0 unspecified atom stereocenters. The minimum atomic E-state index is -0.164. The van der Waals surface area contributed by atoms with E-state index < -0.39 is 0 Å². The van der Waals surface area contributed by atoms with Gasteiger partial charge in [0.25, 0.3) is 0 Å². The van der Waals surface area contributed by atoms with Gasteiger partial charge in [-0.2, -0.15) is 0 Å². The van der Waals surface area contributed by atoms with E-state index >= 15 is 0 Å². The zero-order valence-corrected chi connectivity index (χ0v) is 13.2. The predicted octanol–water partition coefficient (Wildman–Crippen LogP) is 5.01. The number of allylic oxidation sites excluding steroid dienone is 2. The zero-order chi connectivity index (χ0) is 13.5. The summed E-state index contributed by atoms with van der Waals surface area (Å²) in [5.74, 6) is -0.164. The second kappa shape index (κ2) is 14.7. The van der Waals surface area contributed by atoms with Gasteiger partial charge >= 0.3 is 5.97 Å². The van der Waals surface area contributed by atoms with Crippen LogP contribution >= 0.6 is 15.9 Å². The molecule has 0 saturated heterocycles. The molecule has 0 aliphatic carbocycles. The van der Waals surface area contributed by atoms with E-state index in [9.17, 15) is 4.79 Å². The van der Waals surface area contributed by atoms with Crippen molar-refractivity contribution in [3.05, 3.63) is 12.2 Å². The summed E-state index contributed by atoms with van der Waals surface area (Å²) in [5, 5.41) is 1.07. The molecule has 0 rings (SSSR count). The van der Waals surface area contributed by atoms with E-state index in [0.29, 0.717) is 6.61 Å². The molecule has 3 heteroatoms. The van der Waals surface area contributed by atoms with Crippen molar-refractivity contribution in [2.75, 3.05) is 11.9 Å². The maximum atomic E-state index is 10.5. The fourth-order valence-corrected chi connectivity index (χ4v) is 2.03. The average Bonchev–Trinajstić information content (AvgIpc) is 2.34. The molecule has 0 radical (unpaired) electrons. The Morgan fingerprint density at radius 2 is 1.50 bits per heavy atom. The summed E-state index contributed by atoms with van der Waals surface area (Å²) in [6.07, 6.45) is 15.7. The Kier molecular flexibility index (Phi) is 14.5. The van der Waals surface area contributed by atoms with Gasteiger partial charge in [-0.3, -0.25) is 4.79 Å². The number of rotatable bonds is 12. The van der Waals surface area contributed by atoms with Crippen molar-refractivity contribution in [2.24, 2.45) is 0 Å². The number of alkyl halides is 1. The molecule has 0 atom stereocenters. The van der Waals surface area contributed by atoms with Crippen molar-refractivity contribution in [3.63, 3.8) is 0 Å². The third-order valence-corrected chi connectivity index (χ3v) is 3.22. The topological polar surface area (TPSA) is 26.3 Å². The lowest BCUT2D eigenvalue weighted by molar-refractivity contribution is -0.141. The van der Waals surface area contributed by atoms with Gasteiger partial charge in [0.2, 0.25) is 0 Å². The van der Waals surface area contributed by atoms with E-state index in [1.165, 1.54) is 51.9 Å². The Morgan fingerprint density at radius 1 is 0.944 bits per heavy atom. The molecule has 2 nitrogen and oxygen atoms in total. The highest BCUT2D eigenvalue weighted by Crippen LogP contribution is 2.09. The molecule has 18 heavy (non-hydrogen) atoms. The fourth-order valence-electron chi connectivity index (χ4n) is 1.76. The van der Waals surface area contributed by atoms with Gasteiger partial charge in [-0.25, -0.2) is 0 Å². The van der Waals surface area contributed by atoms with Crippen molar-refractivity contribution in [1.29, 1.82) is 0 Å². The molecule has 0 heterocycles. The van der Waals surface area contributed by atoms with E-state index in [1.807, 2.05) is 0 Å². The quantitative estimate of drug-likeness (QED) is 0.219. The van der Waals surface area contributed by atoms with Crippen molar-refractivity contribution in [2.45, 2.75) is 64.7 Å². The number of unbranched alkanes of at least 4 members (excludes halogenated alkanes) is 7. The van der Waals surface area contributed by atoms with Crippen LogP contribution in [-0.4, -0.2) is 17.9 Å². The Balaban J connectivity index is 3.01. The number of hydrogen-bond donors (Lipinski definition) is 0. The van der Waals surface area contributed by atoms with Crippen LogP contribution in [-0.2, 0) is 9.53 Å². The van der Waals surface area contributed by atoms with Crippen molar-refractivity contribution in [1.82, 2.24) is 0 Å². The molecule has 0 aromatic carbocycles. The lowest BCUT2D eigenvalue weighted by atomic mass is 10.1. The molecule has 0 N–H and O–H groups in total. The van der Waals surface area contributed by atoms with Crippen LogP contribution in [0.5, 0.6) is 0 Å². The normalized spacial score (nSPS) is 11.0. The minimum absolute atomic E-state index is 0.164. The number of esters is 1. The summed E-state index contributed by atoms with van der Waals surface area (Å²) in [4.78, 5) is 10.5. The van der Waals surface area contributed by atoms with Crippen LogP contribution in [0.15, 0.2) is 12.2 Å². The molecule has 0 saturated carbocycles. The monoisotopic (exact) mass is 318 g/mol. The van der Waals surface area contributed by atoms with Crippen LogP contribution in [0.4, 0.5) is 0 Å². The molecule has 106 valence electrons. The number of hydrogen-bond acceptors (Lipinski definition) is 2. The van der Waals surface area contributed by atoms with Gasteiger partial charge in [0.1, 0.15) is 0 Å². The smallest absolute Gasteiger partial charge is 0.302 e. The highest BCUT2D eigenvalue weighted by Gasteiger charge is 1.94. The number of carbonyl (C=O) groups is 1. The molecule has 0 amide bonds. The minimum Gasteiger partial charge on any atom is -0.466 e. The summed E-state index contributed by atoms with van der Waals surface area (Å²) in [5.41, 5.74) is 0. The number of halogens is 1. The molecular formula is C15H27BrO2. The van der Waals surface area contributed by atoms with E-state index in [-0.39, 0.29) is 5.97 Å². The van der Waals surface area contributed by atoms with E-state index in [0.717, 1.165) is 18.2 Å². The first kappa shape index (κ1) is 17.7. The summed E-state index contributed by atoms with van der Waals surface area (Å²) in [6, 6.07) is 0. The van der Waals surface area contributed by atoms with Crippen LogP contribution < -0.4 is 0 Å². The SMILES string of the molecule is CC(=O)OCCCCCCCCC/C=C\CCBr. The molecule has 0 spiro atoms. The average molecular weight is 319 g/mol. The maximum absolute atomic E-state index is 10.5. The number of carbonyl (C=O) groups excluding carboxylic acids is 1. The maximum Gasteiger partial charge on any atom is 0.302 e. The third-order valence-electron chi connectivity index (χ3n) is 2.76. The Bertz CT molecular complexity index is 215. The van der Waals surface area contributed by atoms with Crippen LogP contribution in [0.25, 0.3) is 0 Å². The fraction of sp³-hybridized carbons (Fsp3) is 0.800. The second-order valence-electron chi connectivity index (χ2n) is 4.55. The first-order valence-corrected chi connectivity index (χ1v) is 8.24.